The van der Waals surface area contributed by atoms with Crippen molar-refractivity contribution in [1.82, 2.24) is 5.32 Å². The van der Waals surface area contributed by atoms with Crippen molar-refractivity contribution in [2.75, 3.05) is 10.6 Å². The summed E-state index contributed by atoms with van der Waals surface area (Å²) < 4.78 is 25.9. The van der Waals surface area contributed by atoms with E-state index in [0.29, 0.717) is 5.02 Å². The number of carbonyl (C=O) groups is 1. The van der Waals surface area contributed by atoms with Gasteiger partial charge in [-0.05, 0) is 57.0 Å². The Morgan fingerprint density at radius 2 is 1.71 bits per heavy atom. The molecule has 0 radical (unpaired) electrons. The maximum Gasteiger partial charge on any atom is 0.244 e. The first-order valence-electron chi connectivity index (χ1n) is 8.73. The van der Waals surface area contributed by atoms with Crippen LogP contribution in [0.1, 0.15) is 36.6 Å². The SMILES string of the molecule is Cc1ccc(C(C)NC(=O)C(C)N(c2cc(Cl)ccc2Cl)S(C)(=O)=O)c(C)c1. The molecule has 1 N–H and O–H groups in total. The Bertz CT molecular complexity index is 993. The summed E-state index contributed by atoms with van der Waals surface area (Å²) in [4.78, 5) is 12.9. The monoisotopic (exact) mass is 442 g/mol. The zero-order chi connectivity index (χ0) is 21.2. The fraction of sp³-hybridized carbons (Fsp3) is 0.350. The van der Waals surface area contributed by atoms with E-state index in [1.165, 1.54) is 19.1 Å². The number of nitrogens with zero attached hydrogens (tertiary/aromatic N) is 1. The number of anilines is 1. The molecule has 2 aromatic carbocycles. The molecule has 0 spiro atoms. The molecule has 0 saturated heterocycles. The van der Waals surface area contributed by atoms with Crippen LogP contribution in [0.3, 0.4) is 0 Å². The van der Waals surface area contributed by atoms with Gasteiger partial charge in [-0.25, -0.2) is 8.42 Å². The maximum atomic E-state index is 12.9. The normalized spacial score (nSPS) is 13.7. The molecule has 0 aliphatic rings. The number of halogens is 2. The fourth-order valence-corrected chi connectivity index (χ4v) is 4.76. The summed E-state index contributed by atoms with van der Waals surface area (Å²) in [6, 6.07) is 9.16. The van der Waals surface area contributed by atoms with Crippen molar-refractivity contribution in [3.05, 3.63) is 63.1 Å². The van der Waals surface area contributed by atoms with Crippen molar-refractivity contribution in [2.45, 2.75) is 39.8 Å². The molecule has 1 amide bonds. The molecule has 5 nitrogen and oxygen atoms in total. The van der Waals surface area contributed by atoms with E-state index >= 15 is 0 Å². The molecule has 152 valence electrons. The summed E-state index contributed by atoms with van der Waals surface area (Å²) in [5.74, 6) is -0.436. The molecule has 28 heavy (non-hydrogen) atoms. The first-order valence-corrected chi connectivity index (χ1v) is 11.3. The highest BCUT2D eigenvalue weighted by molar-refractivity contribution is 7.92. The Hall–Kier alpha value is -1.76. The highest BCUT2D eigenvalue weighted by Gasteiger charge is 2.31. The number of amides is 1. The Labute approximate surface area is 176 Å². The van der Waals surface area contributed by atoms with Crippen molar-refractivity contribution < 1.29 is 13.2 Å². The lowest BCUT2D eigenvalue weighted by molar-refractivity contribution is -0.122. The Kier molecular flexibility index (Phi) is 7.02. The quantitative estimate of drug-likeness (QED) is 0.707. The second-order valence-electron chi connectivity index (χ2n) is 6.92. The van der Waals surface area contributed by atoms with Crippen molar-refractivity contribution in [2.24, 2.45) is 0 Å². The third-order valence-corrected chi connectivity index (χ3v) is 6.27. The van der Waals surface area contributed by atoms with Crippen LogP contribution >= 0.6 is 23.2 Å². The first-order chi connectivity index (χ1) is 12.9. The van der Waals surface area contributed by atoms with E-state index in [1.807, 2.05) is 39.0 Å². The molecule has 2 rings (SSSR count). The third-order valence-electron chi connectivity index (χ3n) is 4.48. The van der Waals surface area contributed by atoms with Crippen LogP contribution in [0.4, 0.5) is 5.69 Å². The summed E-state index contributed by atoms with van der Waals surface area (Å²) in [5, 5.41) is 3.41. The summed E-state index contributed by atoms with van der Waals surface area (Å²) in [6.07, 6.45) is 1.03. The smallest absolute Gasteiger partial charge is 0.244 e. The molecule has 0 bridgehead atoms. The van der Waals surface area contributed by atoms with Crippen molar-refractivity contribution >= 4 is 44.8 Å². The van der Waals surface area contributed by atoms with E-state index in [1.54, 1.807) is 6.07 Å². The van der Waals surface area contributed by atoms with Crippen LogP contribution in [0, 0.1) is 13.8 Å². The van der Waals surface area contributed by atoms with Crippen LogP contribution in [0.5, 0.6) is 0 Å². The number of carbonyl (C=O) groups excluding carboxylic acids is 1. The summed E-state index contributed by atoms with van der Waals surface area (Å²) in [5.41, 5.74) is 3.32. The van der Waals surface area contributed by atoms with Crippen molar-refractivity contribution in [3.8, 4) is 0 Å². The number of aryl methyl sites for hydroxylation is 2. The standard InChI is InChI=1S/C20H24Cl2N2O3S/c1-12-6-8-17(13(2)10-12)14(3)23-20(25)15(4)24(28(5,26)27)19-11-16(21)7-9-18(19)22/h6-11,14-15H,1-5H3,(H,23,25). The summed E-state index contributed by atoms with van der Waals surface area (Å²) in [7, 11) is -3.79. The van der Waals surface area contributed by atoms with Gasteiger partial charge in [-0.2, -0.15) is 0 Å². The minimum Gasteiger partial charge on any atom is -0.348 e. The number of benzene rings is 2. The minimum absolute atomic E-state index is 0.165. The molecule has 0 aliphatic carbocycles. The molecule has 2 unspecified atom stereocenters. The molecule has 0 heterocycles. The van der Waals surface area contributed by atoms with Gasteiger partial charge in [0.05, 0.1) is 23.0 Å². The predicted molar refractivity (Wildman–Crippen MR) is 116 cm³/mol. The first kappa shape index (κ1) is 22.5. The van der Waals surface area contributed by atoms with Crippen molar-refractivity contribution in [1.29, 1.82) is 0 Å². The van der Waals surface area contributed by atoms with Gasteiger partial charge in [-0.15, -0.1) is 0 Å². The lowest BCUT2D eigenvalue weighted by Gasteiger charge is -2.30. The van der Waals surface area contributed by atoms with Gasteiger partial charge in [0, 0.05) is 5.02 Å². The van der Waals surface area contributed by atoms with Gasteiger partial charge < -0.3 is 5.32 Å². The van der Waals surface area contributed by atoms with Gasteiger partial charge in [-0.1, -0.05) is 47.0 Å². The van der Waals surface area contributed by atoms with E-state index in [-0.39, 0.29) is 16.8 Å². The van der Waals surface area contributed by atoms with Gasteiger partial charge in [0.1, 0.15) is 6.04 Å². The molecule has 0 aromatic heterocycles. The average Bonchev–Trinajstić information content (AvgIpc) is 2.56. The van der Waals surface area contributed by atoms with Crippen LogP contribution in [-0.4, -0.2) is 26.6 Å². The second kappa shape index (κ2) is 8.72. The van der Waals surface area contributed by atoms with Crippen LogP contribution < -0.4 is 9.62 Å². The minimum atomic E-state index is -3.79. The van der Waals surface area contributed by atoms with Crippen LogP contribution in [-0.2, 0) is 14.8 Å². The number of hydrogen-bond acceptors (Lipinski definition) is 3. The highest BCUT2D eigenvalue weighted by Crippen LogP contribution is 2.32. The van der Waals surface area contributed by atoms with E-state index in [9.17, 15) is 13.2 Å². The summed E-state index contributed by atoms with van der Waals surface area (Å²) >= 11 is 12.2. The third kappa shape index (κ3) is 5.19. The van der Waals surface area contributed by atoms with Crippen molar-refractivity contribution in [3.63, 3.8) is 0 Å². The van der Waals surface area contributed by atoms with Gasteiger partial charge >= 0.3 is 0 Å². The topological polar surface area (TPSA) is 66.5 Å². The number of sulfonamides is 1. The van der Waals surface area contributed by atoms with Crippen LogP contribution in [0.15, 0.2) is 36.4 Å². The largest absolute Gasteiger partial charge is 0.348 e. The van der Waals surface area contributed by atoms with Gasteiger partial charge in [-0.3, -0.25) is 9.10 Å². The second-order valence-corrected chi connectivity index (χ2v) is 9.62. The lowest BCUT2D eigenvalue weighted by Crippen LogP contribution is -2.48. The molecule has 8 heteroatoms. The molecule has 2 aromatic rings. The number of hydrogen-bond donors (Lipinski definition) is 1. The molecule has 0 saturated carbocycles. The molecular formula is C20H24Cl2N2O3S. The molecule has 0 fully saturated rings. The predicted octanol–water partition coefficient (Wildman–Crippen LogP) is 4.64. The van der Waals surface area contributed by atoms with Gasteiger partial charge in [0.15, 0.2) is 0 Å². The van der Waals surface area contributed by atoms with E-state index in [0.717, 1.165) is 27.3 Å². The van der Waals surface area contributed by atoms with Crippen LogP contribution in [0.25, 0.3) is 0 Å². The van der Waals surface area contributed by atoms with Crippen LogP contribution in [0.2, 0.25) is 10.0 Å². The summed E-state index contributed by atoms with van der Waals surface area (Å²) in [6.45, 7) is 7.35. The van der Waals surface area contributed by atoms with Gasteiger partial charge in [0.25, 0.3) is 0 Å². The number of nitrogens with one attached hydrogen (secondary N) is 1. The molecular weight excluding hydrogens is 419 g/mol. The Morgan fingerprint density at radius 3 is 2.29 bits per heavy atom. The maximum absolute atomic E-state index is 12.9. The van der Waals surface area contributed by atoms with E-state index in [4.69, 9.17) is 23.2 Å². The van der Waals surface area contributed by atoms with E-state index < -0.39 is 22.0 Å². The van der Waals surface area contributed by atoms with Gasteiger partial charge in [0.2, 0.25) is 15.9 Å². The molecule has 2 atom stereocenters. The van der Waals surface area contributed by atoms with E-state index in [2.05, 4.69) is 5.32 Å². The average molecular weight is 443 g/mol. The zero-order valence-corrected chi connectivity index (χ0v) is 18.8. The lowest BCUT2D eigenvalue weighted by atomic mass is 10.00. The zero-order valence-electron chi connectivity index (χ0n) is 16.5. The Morgan fingerprint density at radius 1 is 1.07 bits per heavy atom. The highest BCUT2D eigenvalue weighted by atomic mass is 35.5. The molecule has 0 aliphatic heterocycles. The number of rotatable bonds is 6. The fourth-order valence-electron chi connectivity index (χ4n) is 3.16. The Balaban J connectivity index is 2.33.